The molecule has 0 radical (unpaired) electrons. The third-order valence-electron chi connectivity index (χ3n) is 1.65. The van der Waals surface area contributed by atoms with Gasteiger partial charge >= 0.3 is 15.6 Å². The predicted molar refractivity (Wildman–Crippen MR) is 53.8 cm³/mol. The summed E-state index contributed by atoms with van der Waals surface area (Å²) >= 11 is 0. The molecule has 17 heavy (non-hydrogen) atoms. The fourth-order valence-electron chi connectivity index (χ4n) is 0.906. The van der Waals surface area contributed by atoms with Gasteiger partial charge in [0.1, 0.15) is 5.58 Å². The maximum atomic E-state index is 10.7. The Morgan fingerprint density at radius 1 is 1.12 bits per heavy atom. The van der Waals surface area contributed by atoms with E-state index in [0.717, 1.165) is 11.0 Å². The van der Waals surface area contributed by atoms with Gasteiger partial charge in [-0.05, 0) is 12.1 Å². The summed E-state index contributed by atoms with van der Waals surface area (Å²) in [6.45, 7) is 0. The van der Waals surface area contributed by atoms with Crippen molar-refractivity contribution < 1.29 is 30.6 Å². The Morgan fingerprint density at radius 3 is 2.12 bits per heavy atom. The van der Waals surface area contributed by atoms with E-state index in [9.17, 15) is 13.2 Å². The minimum Gasteiger partial charge on any atom is -0.464 e. The lowest BCUT2D eigenvalue weighted by atomic mass is 10.3. The summed E-state index contributed by atoms with van der Waals surface area (Å²) in [4.78, 5) is 0. The van der Waals surface area contributed by atoms with Gasteiger partial charge < -0.3 is 4.42 Å². The molecule has 0 aliphatic rings. The topological polar surface area (TPSA) is 67.5 Å². The molecule has 0 aliphatic carbocycles. The van der Waals surface area contributed by atoms with E-state index in [0.29, 0.717) is 0 Å². The maximum absolute atomic E-state index is 10.7. The van der Waals surface area contributed by atoms with E-state index in [1.807, 2.05) is 30.3 Å². The highest BCUT2D eigenvalue weighted by Crippen LogP contribution is 2.20. The quantitative estimate of drug-likeness (QED) is 0.589. The molecule has 4 nitrogen and oxygen atoms in total. The molecular formula is C9H7F3O4S. The third kappa shape index (κ3) is 3.75. The molecule has 0 spiro atoms. The molecule has 0 saturated carbocycles. The van der Waals surface area contributed by atoms with Crippen LogP contribution in [0.25, 0.3) is 11.0 Å². The molecule has 0 aliphatic heterocycles. The Bertz CT molecular complexity index is 555. The van der Waals surface area contributed by atoms with Crippen LogP contribution in [0.15, 0.2) is 41.0 Å². The summed E-state index contributed by atoms with van der Waals surface area (Å²) in [5.74, 6) is 0. The van der Waals surface area contributed by atoms with Crippen molar-refractivity contribution in [1.82, 2.24) is 0 Å². The van der Waals surface area contributed by atoms with Crippen LogP contribution in [0.5, 0.6) is 0 Å². The van der Waals surface area contributed by atoms with Crippen molar-refractivity contribution in [3.05, 3.63) is 36.6 Å². The predicted octanol–water partition coefficient (Wildman–Crippen LogP) is 2.83. The van der Waals surface area contributed by atoms with Crippen LogP contribution in [0, 0.1) is 0 Å². The number of para-hydroxylation sites is 1. The van der Waals surface area contributed by atoms with Crippen molar-refractivity contribution in [1.29, 1.82) is 0 Å². The first-order chi connectivity index (χ1) is 7.72. The van der Waals surface area contributed by atoms with E-state index in [4.69, 9.17) is 17.4 Å². The molecule has 8 heteroatoms. The first-order valence-corrected chi connectivity index (χ1v) is 5.62. The number of benzene rings is 1. The number of rotatable bonds is 0. The molecule has 2 rings (SSSR count). The summed E-state index contributed by atoms with van der Waals surface area (Å²) in [6.07, 6.45) is 1.70. The zero-order valence-electron chi connectivity index (χ0n) is 8.18. The molecule has 0 saturated heterocycles. The molecule has 94 valence electrons. The second kappa shape index (κ2) is 4.76. The van der Waals surface area contributed by atoms with E-state index in [2.05, 4.69) is 0 Å². The van der Waals surface area contributed by atoms with Crippen LogP contribution in [0.4, 0.5) is 13.2 Å². The zero-order chi connectivity index (χ0) is 13.1. The number of alkyl halides is 3. The standard InChI is InChI=1S/C8H6O.CHF3O3S/c1-2-4-8-7(3-1)5-6-9-8;2-1(3,4)8(5,6)7/h1-6H;(H,5,6,7). The number of furan rings is 1. The average Bonchev–Trinajstić information content (AvgIpc) is 2.62. The maximum Gasteiger partial charge on any atom is 0.522 e. The zero-order valence-corrected chi connectivity index (χ0v) is 8.99. The second-order valence-electron chi connectivity index (χ2n) is 2.88. The van der Waals surface area contributed by atoms with E-state index < -0.39 is 15.6 Å². The molecule has 2 aromatic rings. The molecule has 0 fully saturated rings. The van der Waals surface area contributed by atoms with Gasteiger partial charge in [0.2, 0.25) is 0 Å². The van der Waals surface area contributed by atoms with Gasteiger partial charge in [-0.25, -0.2) is 0 Å². The molecule has 0 atom stereocenters. The highest BCUT2D eigenvalue weighted by molar-refractivity contribution is 7.86. The van der Waals surface area contributed by atoms with Crippen molar-refractivity contribution >= 4 is 21.1 Å². The van der Waals surface area contributed by atoms with Crippen molar-refractivity contribution in [3.8, 4) is 0 Å². The number of halogens is 3. The number of hydrogen-bond acceptors (Lipinski definition) is 3. The lowest BCUT2D eigenvalue weighted by Crippen LogP contribution is -2.21. The van der Waals surface area contributed by atoms with Crippen molar-refractivity contribution in [2.45, 2.75) is 5.51 Å². The molecule has 0 bridgehead atoms. The van der Waals surface area contributed by atoms with Crippen LogP contribution in [0.1, 0.15) is 0 Å². The Kier molecular flexibility index (Phi) is 3.79. The summed E-state index contributed by atoms with van der Waals surface area (Å²) in [5.41, 5.74) is -4.58. The number of hydrogen-bond donors (Lipinski definition) is 1. The fourth-order valence-corrected chi connectivity index (χ4v) is 0.906. The van der Waals surface area contributed by atoms with Crippen LogP contribution >= 0.6 is 0 Å². The van der Waals surface area contributed by atoms with Crippen molar-refractivity contribution in [3.63, 3.8) is 0 Å². The Hall–Kier alpha value is -1.54. The molecule has 1 aromatic carbocycles. The Labute approximate surface area is 94.4 Å². The van der Waals surface area contributed by atoms with E-state index >= 15 is 0 Å². The van der Waals surface area contributed by atoms with Crippen LogP contribution in [0.3, 0.4) is 0 Å². The van der Waals surface area contributed by atoms with E-state index in [1.165, 1.54) is 0 Å². The Balaban J connectivity index is 0.000000172. The molecular weight excluding hydrogens is 261 g/mol. The SMILES string of the molecule is O=S(=O)(O)C(F)(F)F.c1ccc2occc2c1. The third-order valence-corrected chi connectivity index (χ3v) is 2.24. The van der Waals surface area contributed by atoms with Crippen LogP contribution in [-0.4, -0.2) is 18.5 Å². The minimum absolute atomic E-state index is 0.956. The highest BCUT2D eigenvalue weighted by Gasteiger charge is 2.44. The monoisotopic (exact) mass is 268 g/mol. The summed E-state index contributed by atoms with van der Waals surface area (Å²) in [5, 5.41) is 1.16. The Morgan fingerprint density at radius 2 is 1.65 bits per heavy atom. The highest BCUT2D eigenvalue weighted by atomic mass is 32.2. The fraction of sp³-hybridized carbons (Fsp3) is 0.111. The van der Waals surface area contributed by atoms with Gasteiger partial charge in [-0.15, -0.1) is 0 Å². The lowest BCUT2D eigenvalue weighted by Gasteiger charge is -1.97. The van der Waals surface area contributed by atoms with Crippen LogP contribution < -0.4 is 0 Å². The van der Waals surface area contributed by atoms with Crippen LogP contribution in [0.2, 0.25) is 0 Å². The van der Waals surface area contributed by atoms with Gasteiger partial charge in [0, 0.05) is 5.39 Å². The van der Waals surface area contributed by atoms with Gasteiger partial charge in [-0.2, -0.15) is 21.6 Å². The largest absolute Gasteiger partial charge is 0.522 e. The van der Waals surface area contributed by atoms with Gasteiger partial charge in [-0.1, -0.05) is 18.2 Å². The van der Waals surface area contributed by atoms with E-state index in [-0.39, 0.29) is 0 Å². The molecule has 1 N–H and O–H groups in total. The summed E-state index contributed by atoms with van der Waals surface area (Å²) in [6, 6.07) is 9.90. The molecule has 1 aromatic heterocycles. The smallest absolute Gasteiger partial charge is 0.464 e. The van der Waals surface area contributed by atoms with Gasteiger partial charge in [0.05, 0.1) is 6.26 Å². The van der Waals surface area contributed by atoms with Crippen LogP contribution in [-0.2, 0) is 10.1 Å². The summed E-state index contributed by atoms with van der Waals surface area (Å²) < 4.78 is 62.7. The van der Waals surface area contributed by atoms with Gasteiger partial charge in [0.25, 0.3) is 0 Å². The first-order valence-electron chi connectivity index (χ1n) is 4.18. The van der Waals surface area contributed by atoms with Gasteiger partial charge in [0.15, 0.2) is 0 Å². The minimum atomic E-state index is -5.84. The first kappa shape index (κ1) is 13.5. The normalized spacial score (nSPS) is 12.0. The average molecular weight is 268 g/mol. The van der Waals surface area contributed by atoms with Crippen molar-refractivity contribution in [2.75, 3.05) is 0 Å². The summed E-state index contributed by atoms with van der Waals surface area (Å²) in [7, 11) is -5.84. The van der Waals surface area contributed by atoms with E-state index in [1.54, 1.807) is 6.26 Å². The number of fused-ring (bicyclic) bond motifs is 1. The molecule has 0 amide bonds. The van der Waals surface area contributed by atoms with Crippen molar-refractivity contribution in [2.24, 2.45) is 0 Å². The molecule has 0 unspecified atom stereocenters. The second-order valence-corrected chi connectivity index (χ2v) is 4.29. The molecule has 1 heterocycles. The van der Waals surface area contributed by atoms with Gasteiger partial charge in [-0.3, -0.25) is 4.55 Å². The lowest BCUT2D eigenvalue weighted by molar-refractivity contribution is -0.0510.